The van der Waals surface area contributed by atoms with Gasteiger partial charge in [0.15, 0.2) is 5.82 Å². The second-order valence-corrected chi connectivity index (χ2v) is 8.79. The Balaban J connectivity index is 1.61. The minimum atomic E-state index is -0.485. The Hall–Kier alpha value is -4.10. The minimum absolute atomic E-state index is 0.253. The summed E-state index contributed by atoms with van der Waals surface area (Å²) in [6.45, 7) is 3.90. The molecule has 1 unspecified atom stereocenters. The van der Waals surface area contributed by atoms with Gasteiger partial charge < -0.3 is 15.4 Å². The summed E-state index contributed by atoms with van der Waals surface area (Å²) in [6, 6.07) is 22.3. The number of anilines is 2. The third-order valence-electron chi connectivity index (χ3n) is 5.89. The molecular weight excluding hydrogens is 462 g/mol. The Morgan fingerprint density at radius 3 is 2.63 bits per heavy atom. The van der Waals surface area contributed by atoms with Crippen LogP contribution in [-0.4, -0.2) is 27.8 Å². The van der Waals surface area contributed by atoms with Crippen LogP contribution in [-0.2, 0) is 4.79 Å². The van der Waals surface area contributed by atoms with E-state index in [1.165, 1.54) is 0 Å². The summed E-state index contributed by atoms with van der Waals surface area (Å²) in [7, 11) is 1.58. The molecule has 0 spiro atoms. The number of methoxy groups -OCH3 is 1. The van der Waals surface area contributed by atoms with Gasteiger partial charge in [-0.15, -0.1) is 5.10 Å². The summed E-state index contributed by atoms with van der Waals surface area (Å²) in [5.41, 5.74) is 4.63. The van der Waals surface area contributed by atoms with E-state index in [1.54, 1.807) is 23.9 Å². The molecule has 3 aromatic carbocycles. The number of ether oxygens (including phenoxy) is 1. The summed E-state index contributed by atoms with van der Waals surface area (Å²) in [5, 5.41) is 11.7. The lowest BCUT2D eigenvalue weighted by Crippen LogP contribution is -2.31. The number of para-hydroxylation sites is 2. The molecule has 2 N–H and O–H groups in total. The monoisotopic (exact) mass is 485 g/mol. The zero-order chi connectivity index (χ0) is 24.5. The maximum absolute atomic E-state index is 13.7. The topological polar surface area (TPSA) is 81.1 Å². The number of allylic oxidation sites excluding steroid dienone is 1. The fourth-order valence-electron chi connectivity index (χ4n) is 4.28. The highest BCUT2D eigenvalue weighted by Gasteiger charge is 2.34. The van der Waals surface area contributed by atoms with Crippen LogP contribution in [0.3, 0.4) is 0 Å². The van der Waals surface area contributed by atoms with E-state index in [0.717, 1.165) is 16.7 Å². The Morgan fingerprint density at radius 2 is 1.86 bits per heavy atom. The highest BCUT2D eigenvalue weighted by molar-refractivity contribution is 6.30. The number of aryl methyl sites for hydroxylation is 1. The summed E-state index contributed by atoms with van der Waals surface area (Å²) in [4.78, 5) is 18.4. The van der Waals surface area contributed by atoms with Crippen LogP contribution in [0.25, 0.3) is 11.4 Å². The first-order valence-electron chi connectivity index (χ1n) is 11.2. The van der Waals surface area contributed by atoms with Gasteiger partial charge in [0.25, 0.3) is 5.91 Å². The first kappa shape index (κ1) is 22.7. The van der Waals surface area contributed by atoms with Crippen molar-refractivity contribution >= 4 is 29.1 Å². The van der Waals surface area contributed by atoms with Gasteiger partial charge >= 0.3 is 0 Å². The molecule has 0 radical (unpaired) electrons. The number of rotatable bonds is 5. The van der Waals surface area contributed by atoms with Crippen molar-refractivity contribution in [3.63, 3.8) is 0 Å². The lowest BCUT2D eigenvalue weighted by atomic mass is 9.94. The molecule has 4 aromatic rings. The molecule has 8 heteroatoms. The van der Waals surface area contributed by atoms with Crippen LogP contribution < -0.4 is 15.4 Å². The van der Waals surface area contributed by atoms with Gasteiger partial charge in [0.05, 0.1) is 18.4 Å². The van der Waals surface area contributed by atoms with Crippen molar-refractivity contribution in [3.8, 4) is 17.1 Å². The number of hydrogen-bond acceptors (Lipinski definition) is 5. The van der Waals surface area contributed by atoms with Gasteiger partial charge in [0.1, 0.15) is 11.8 Å². The first-order chi connectivity index (χ1) is 16.9. The van der Waals surface area contributed by atoms with Crippen molar-refractivity contribution in [1.29, 1.82) is 0 Å². The van der Waals surface area contributed by atoms with E-state index in [-0.39, 0.29) is 5.91 Å². The quantitative estimate of drug-likeness (QED) is 0.371. The maximum Gasteiger partial charge on any atom is 0.255 e. The van der Waals surface area contributed by atoms with Crippen molar-refractivity contribution in [2.24, 2.45) is 0 Å². The molecule has 1 aliphatic rings. The molecule has 1 amide bonds. The van der Waals surface area contributed by atoms with Crippen molar-refractivity contribution < 1.29 is 9.53 Å². The van der Waals surface area contributed by atoms with E-state index in [4.69, 9.17) is 26.4 Å². The average molecular weight is 486 g/mol. The average Bonchev–Trinajstić information content (AvgIpc) is 3.27. The molecule has 2 heterocycles. The number of halogens is 1. The van der Waals surface area contributed by atoms with Crippen molar-refractivity contribution in [2.75, 3.05) is 17.7 Å². The number of amides is 1. The van der Waals surface area contributed by atoms with E-state index in [9.17, 15) is 4.79 Å². The number of fused-ring (bicyclic) bond motifs is 1. The van der Waals surface area contributed by atoms with Crippen LogP contribution >= 0.6 is 11.6 Å². The molecule has 0 fully saturated rings. The second-order valence-electron chi connectivity index (χ2n) is 8.35. The largest absolute Gasteiger partial charge is 0.495 e. The van der Waals surface area contributed by atoms with Crippen LogP contribution in [0.5, 0.6) is 5.75 Å². The number of carbonyl (C=O) groups excluding carboxylic acids is 1. The number of carbonyl (C=O) groups is 1. The molecule has 0 saturated heterocycles. The second kappa shape index (κ2) is 9.27. The molecule has 5 rings (SSSR count). The van der Waals surface area contributed by atoms with Crippen molar-refractivity contribution in [2.45, 2.75) is 19.9 Å². The fraction of sp³-hybridized carbons (Fsp3) is 0.148. The van der Waals surface area contributed by atoms with Gasteiger partial charge in [-0.2, -0.15) is 4.98 Å². The highest BCUT2D eigenvalue weighted by Crippen LogP contribution is 2.37. The van der Waals surface area contributed by atoms with Crippen molar-refractivity contribution in [3.05, 3.63) is 100 Å². The van der Waals surface area contributed by atoms with E-state index < -0.39 is 6.04 Å². The third-order valence-corrected chi connectivity index (χ3v) is 6.13. The SMILES string of the molecule is COc1ccccc1NC(=O)C1=C(C)Nc2nc(-c3cccc(Cl)c3)nn2C1c1cccc(C)c1. The van der Waals surface area contributed by atoms with Crippen LogP contribution in [0.4, 0.5) is 11.6 Å². The summed E-state index contributed by atoms with van der Waals surface area (Å²) < 4.78 is 7.18. The maximum atomic E-state index is 13.7. The van der Waals surface area contributed by atoms with Gasteiger partial charge in [-0.25, -0.2) is 4.68 Å². The molecular formula is C27H24ClN5O2. The van der Waals surface area contributed by atoms with Gasteiger partial charge in [-0.3, -0.25) is 4.79 Å². The minimum Gasteiger partial charge on any atom is -0.495 e. The van der Waals surface area contributed by atoms with E-state index in [2.05, 4.69) is 16.7 Å². The standard InChI is InChI=1S/C27H24ClN5O2/c1-16-8-6-9-18(14-16)24-23(26(34)30-21-12-4-5-13-22(21)35-3)17(2)29-27-31-25(32-33(24)27)19-10-7-11-20(28)15-19/h4-15,24H,1-3H3,(H,30,34)(H,29,31,32). The number of nitrogens with one attached hydrogen (secondary N) is 2. The van der Waals surface area contributed by atoms with Crippen LogP contribution in [0.2, 0.25) is 5.02 Å². The zero-order valence-electron chi connectivity index (χ0n) is 19.5. The Labute approximate surface area is 208 Å². The molecule has 1 aromatic heterocycles. The van der Waals surface area contributed by atoms with Crippen LogP contribution in [0.1, 0.15) is 24.1 Å². The lowest BCUT2D eigenvalue weighted by Gasteiger charge is -2.29. The number of aromatic nitrogens is 3. The molecule has 0 aliphatic carbocycles. The zero-order valence-corrected chi connectivity index (χ0v) is 20.3. The van der Waals surface area contributed by atoms with Crippen molar-refractivity contribution in [1.82, 2.24) is 14.8 Å². The molecule has 1 atom stereocenters. The Morgan fingerprint density at radius 1 is 1.06 bits per heavy atom. The predicted octanol–water partition coefficient (Wildman–Crippen LogP) is 5.84. The van der Waals surface area contributed by atoms with Crippen LogP contribution in [0, 0.1) is 6.92 Å². The molecule has 1 aliphatic heterocycles. The smallest absolute Gasteiger partial charge is 0.255 e. The Bertz CT molecular complexity index is 1460. The molecule has 0 saturated carbocycles. The Kier molecular flexibility index (Phi) is 6.01. The predicted molar refractivity (Wildman–Crippen MR) is 138 cm³/mol. The summed E-state index contributed by atoms with van der Waals surface area (Å²) in [5.74, 6) is 1.40. The third kappa shape index (κ3) is 4.38. The first-order valence-corrected chi connectivity index (χ1v) is 11.5. The molecule has 35 heavy (non-hydrogen) atoms. The summed E-state index contributed by atoms with van der Waals surface area (Å²) in [6.07, 6.45) is 0. The van der Waals surface area contributed by atoms with E-state index in [1.807, 2.05) is 68.4 Å². The van der Waals surface area contributed by atoms with Gasteiger partial charge in [0.2, 0.25) is 5.95 Å². The molecule has 176 valence electrons. The molecule has 7 nitrogen and oxygen atoms in total. The van der Waals surface area contributed by atoms with Gasteiger partial charge in [0, 0.05) is 16.3 Å². The normalized spacial score (nSPS) is 14.8. The molecule has 0 bridgehead atoms. The number of nitrogens with zero attached hydrogens (tertiary/aromatic N) is 3. The van der Waals surface area contributed by atoms with E-state index >= 15 is 0 Å². The van der Waals surface area contributed by atoms with Gasteiger partial charge in [-0.05, 0) is 43.7 Å². The van der Waals surface area contributed by atoms with E-state index in [0.29, 0.717) is 39.5 Å². The van der Waals surface area contributed by atoms with Gasteiger partial charge in [-0.1, -0.05) is 65.7 Å². The number of hydrogen-bond donors (Lipinski definition) is 2. The highest BCUT2D eigenvalue weighted by atomic mass is 35.5. The lowest BCUT2D eigenvalue weighted by molar-refractivity contribution is -0.113. The number of benzene rings is 3. The summed E-state index contributed by atoms with van der Waals surface area (Å²) >= 11 is 6.20. The van der Waals surface area contributed by atoms with Crippen LogP contribution in [0.15, 0.2) is 84.1 Å². The fourth-order valence-corrected chi connectivity index (χ4v) is 4.47.